The fourth-order valence-corrected chi connectivity index (χ4v) is 6.50. The number of aryl methyl sites for hydroxylation is 1. The van der Waals surface area contributed by atoms with Crippen molar-refractivity contribution >= 4 is 10.0 Å². The van der Waals surface area contributed by atoms with E-state index in [1.54, 1.807) is 10.5 Å². The molecule has 9 heteroatoms. The van der Waals surface area contributed by atoms with Gasteiger partial charge >= 0.3 is 0 Å². The van der Waals surface area contributed by atoms with Gasteiger partial charge in [-0.1, -0.05) is 6.92 Å². The predicted octanol–water partition coefficient (Wildman–Crippen LogP) is 3.39. The highest BCUT2D eigenvalue weighted by Gasteiger charge is 2.47. The van der Waals surface area contributed by atoms with Gasteiger partial charge in [-0.25, -0.2) is 18.4 Å². The van der Waals surface area contributed by atoms with E-state index in [2.05, 4.69) is 15.0 Å². The summed E-state index contributed by atoms with van der Waals surface area (Å²) >= 11 is 0. The molecule has 2 aromatic heterocycles. The van der Waals surface area contributed by atoms with Crippen molar-refractivity contribution in [2.24, 2.45) is 0 Å². The van der Waals surface area contributed by atoms with Crippen LogP contribution in [0.4, 0.5) is 0 Å². The Bertz CT molecular complexity index is 1000. The first-order chi connectivity index (χ1) is 14.4. The number of pyridine rings is 1. The van der Waals surface area contributed by atoms with Gasteiger partial charge < -0.3 is 9.47 Å². The minimum atomic E-state index is -3.19. The van der Waals surface area contributed by atoms with Crippen molar-refractivity contribution in [1.29, 1.82) is 0 Å². The molecule has 2 fully saturated rings. The van der Waals surface area contributed by atoms with Gasteiger partial charge in [0.1, 0.15) is 12.4 Å². The number of hydrogen-bond acceptors (Lipinski definition) is 7. The average Bonchev–Trinajstić information content (AvgIpc) is 2.99. The molecule has 3 atom stereocenters. The summed E-state index contributed by atoms with van der Waals surface area (Å²) < 4.78 is 39.2. The molecule has 0 radical (unpaired) electrons. The van der Waals surface area contributed by atoms with Gasteiger partial charge in [-0.3, -0.25) is 4.98 Å². The van der Waals surface area contributed by atoms with Crippen LogP contribution in [-0.4, -0.2) is 51.6 Å². The lowest BCUT2D eigenvalue weighted by Crippen LogP contribution is -2.49. The van der Waals surface area contributed by atoms with Crippen LogP contribution in [0.3, 0.4) is 0 Å². The second-order valence-electron chi connectivity index (χ2n) is 8.04. The molecule has 0 aliphatic carbocycles. The van der Waals surface area contributed by atoms with Crippen LogP contribution in [0.2, 0.25) is 0 Å². The Balaban J connectivity index is 1.48. The number of ether oxygens (including phenoxy) is 2. The number of aromatic nitrogens is 3. The Morgan fingerprint density at radius 2 is 1.80 bits per heavy atom. The predicted molar refractivity (Wildman–Crippen MR) is 112 cm³/mol. The maximum atomic E-state index is 12.7. The van der Waals surface area contributed by atoms with Crippen LogP contribution >= 0.6 is 0 Å². The second-order valence-corrected chi connectivity index (χ2v) is 10.0. The summed E-state index contributed by atoms with van der Waals surface area (Å²) in [6.45, 7) is 5.64. The van der Waals surface area contributed by atoms with Gasteiger partial charge in [-0.15, -0.1) is 0 Å². The molecule has 2 bridgehead atoms. The smallest absolute Gasteiger partial charge is 0.229 e. The Morgan fingerprint density at radius 1 is 1.10 bits per heavy atom. The molecule has 0 N–H and O–H groups in total. The summed E-state index contributed by atoms with van der Waals surface area (Å²) in [7, 11) is -3.19. The number of nitrogens with zero attached hydrogens (tertiary/aromatic N) is 4. The molecule has 0 aromatic carbocycles. The summed E-state index contributed by atoms with van der Waals surface area (Å²) in [6.07, 6.45) is 6.86. The zero-order valence-corrected chi connectivity index (χ0v) is 18.4. The molecule has 4 heterocycles. The molecule has 8 nitrogen and oxygen atoms in total. The van der Waals surface area contributed by atoms with E-state index in [0.29, 0.717) is 42.3 Å². The van der Waals surface area contributed by atoms with Gasteiger partial charge in [-0.05, 0) is 45.2 Å². The summed E-state index contributed by atoms with van der Waals surface area (Å²) in [5.41, 5.74) is 1.49. The Morgan fingerprint density at radius 3 is 2.47 bits per heavy atom. The van der Waals surface area contributed by atoms with E-state index in [4.69, 9.17) is 9.47 Å². The number of sulfonamides is 1. The second kappa shape index (κ2) is 8.47. The molecule has 2 aliphatic heterocycles. The van der Waals surface area contributed by atoms with Crippen LogP contribution in [0.1, 0.15) is 50.3 Å². The summed E-state index contributed by atoms with van der Waals surface area (Å²) in [4.78, 5) is 12.8. The van der Waals surface area contributed by atoms with Gasteiger partial charge in [0, 0.05) is 31.1 Å². The van der Waals surface area contributed by atoms with E-state index in [9.17, 15) is 8.42 Å². The minimum absolute atomic E-state index is 0.0150. The molecule has 2 aromatic rings. The van der Waals surface area contributed by atoms with Crippen LogP contribution < -0.4 is 9.47 Å². The van der Waals surface area contributed by atoms with Crippen molar-refractivity contribution in [3.05, 3.63) is 35.9 Å². The van der Waals surface area contributed by atoms with E-state index >= 15 is 0 Å². The first kappa shape index (κ1) is 21.0. The van der Waals surface area contributed by atoms with Crippen molar-refractivity contribution in [2.75, 3.05) is 5.75 Å². The molecule has 2 aliphatic rings. The zero-order valence-electron chi connectivity index (χ0n) is 17.6. The lowest BCUT2D eigenvalue weighted by Gasteiger charge is -2.37. The van der Waals surface area contributed by atoms with Crippen molar-refractivity contribution in [2.45, 2.75) is 71.1 Å². The molecule has 162 valence electrons. The van der Waals surface area contributed by atoms with Gasteiger partial charge in [0.15, 0.2) is 5.75 Å². The Hall–Kier alpha value is -2.26. The van der Waals surface area contributed by atoms with Crippen LogP contribution in [-0.2, 0) is 10.0 Å². The Kier molecular flexibility index (Phi) is 5.92. The van der Waals surface area contributed by atoms with E-state index in [-0.39, 0.29) is 23.9 Å². The SMILES string of the molecule is CCCS(=O)(=O)N1[C@@H]2CC[C@H]1CC(Oc1ncnc(Oc3cccnc3C)c1C)C2. The lowest BCUT2D eigenvalue weighted by molar-refractivity contribution is 0.0907. The molecule has 1 unspecified atom stereocenters. The normalized spacial score (nSPS) is 24.0. The molecule has 2 saturated heterocycles. The van der Waals surface area contributed by atoms with Crippen LogP contribution in [0.5, 0.6) is 17.5 Å². The van der Waals surface area contributed by atoms with E-state index in [1.165, 1.54) is 6.33 Å². The molecular weight excluding hydrogens is 404 g/mol. The number of rotatable bonds is 7. The van der Waals surface area contributed by atoms with Gasteiger partial charge in [-0.2, -0.15) is 4.31 Å². The average molecular weight is 433 g/mol. The van der Waals surface area contributed by atoms with Crippen LogP contribution in [0.15, 0.2) is 24.7 Å². The van der Waals surface area contributed by atoms with Crippen molar-refractivity contribution in [3.8, 4) is 17.5 Å². The van der Waals surface area contributed by atoms with Crippen LogP contribution in [0, 0.1) is 13.8 Å². The molecule has 0 spiro atoms. The molecule has 30 heavy (non-hydrogen) atoms. The topological polar surface area (TPSA) is 94.5 Å². The summed E-state index contributed by atoms with van der Waals surface area (Å²) in [5.74, 6) is 1.76. The zero-order chi connectivity index (χ0) is 21.3. The Labute approximate surface area is 177 Å². The number of piperidine rings is 1. The third kappa shape index (κ3) is 4.13. The van der Waals surface area contributed by atoms with Crippen LogP contribution in [0.25, 0.3) is 0 Å². The standard InChI is InChI=1S/C21H28N4O4S/c1-4-10-30(26,27)25-16-7-8-17(25)12-18(11-16)28-20-14(2)21(24-13-23-20)29-19-6-5-9-22-15(19)3/h5-6,9,13,16-18H,4,7-8,10-12H2,1-3H3/t16-,17+,18?. The van der Waals surface area contributed by atoms with Crippen molar-refractivity contribution < 1.29 is 17.9 Å². The molecule has 4 rings (SSSR count). The highest BCUT2D eigenvalue weighted by molar-refractivity contribution is 7.89. The lowest BCUT2D eigenvalue weighted by atomic mass is 10.0. The highest BCUT2D eigenvalue weighted by Crippen LogP contribution is 2.40. The van der Waals surface area contributed by atoms with Crippen molar-refractivity contribution in [3.63, 3.8) is 0 Å². The highest BCUT2D eigenvalue weighted by atomic mass is 32.2. The maximum absolute atomic E-state index is 12.7. The maximum Gasteiger partial charge on any atom is 0.229 e. The van der Waals surface area contributed by atoms with Crippen molar-refractivity contribution in [1.82, 2.24) is 19.3 Å². The van der Waals surface area contributed by atoms with E-state index in [0.717, 1.165) is 18.5 Å². The van der Waals surface area contributed by atoms with E-state index in [1.807, 2.05) is 32.9 Å². The minimum Gasteiger partial charge on any atom is -0.474 e. The third-order valence-electron chi connectivity index (χ3n) is 5.84. The monoisotopic (exact) mass is 432 g/mol. The van der Waals surface area contributed by atoms with E-state index < -0.39 is 10.0 Å². The molecule has 0 amide bonds. The summed E-state index contributed by atoms with van der Waals surface area (Å²) in [5, 5.41) is 0. The molecule has 0 saturated carbocycles. The first-order valence-electron chi connectivity index (χ1n) is 10.5. The van der Waals surface area contributed by atoms with Gasteiger partial charge in [0.2, 0.25) is 21.8 Å². The third-order valence-corrected chi connectivity index (χ3v) is 8.00. The fraction of sp³-hybridized carbons (Fsp3) is 0.571. The summed E-state index contributed by atoms with van der Waals surface area (Å²) in [6, 6.07) is 3.68. The first-order valence-corrected chi connectivity index (χ1v) is 12.1. The fourth-order valence-electron chi connectivity index (χ4n) is 4.48. The number of hydrogen-bond donors (Lipinski definition) is 0. The number of fused-ring (bicyclic) bond motifs is 2. The largest absolute Gasteiger partial charge is 0.474 e. The van der Waals surface area contributed by atoms with Gasteiger partial charge in [0.25, 0.3) is 0 Å². The molecular formula is C21H28N4O4S. The quantitative estimate of drug-likeness (QED) is 0.662. The van der Waals surface area contributed by atoms with Gasteiger partial charge in [0.05, 0.1) is 17.0 Å².